The Kier molecular flexibility index (Phi) is 8.69. The van der Waals surface area contributed by atoms with Crippen molar-refractivity contribution in [2.75, 3.05) is 26.7 Å². The first-order valence-corrected chi connectivity index (χ1v) is 8.13. The van der Waals surface area contributed by atoms with Crippen LogP contribution in [0.2, 0.25) is 0 Å². The summed E-state index contributed by atoms with van der Waals surface area (Å²) in [6.07, 6.45) is 3.66. The van der Waals surface area contributed by atoms with Gasteiger partial charge in [-0.1, -0.05) is 0 Å². The molecule has 2 rings (SSSR count). The van der Waals surface area contributed by atoms with Crippen molar-refractivity contribution in [3.05, 3.63) is 16.6 Å². The van der Waals surface area contributed by atoms with Crippen LogP contribution in [0.1, 0.15) is 24.8 Å². The molecule has 1 atom stereocenters. The lowest BCUT2D eigenvalue weighted by Crippen LogP contribution is -2.48. The number of thiazole rings is 1. The fraction of sp³-hybridized carbons (Fsp3) is 0.643. The molecule has 0 radical (unpaired) electrons. The zero-order chi connectivity index (χ0) is 15.1. The van der Waals surface area contributed by atoms with Crippen LogP contribution in [0.15, 0.2) is 16.6 Å². The van der Waals surface area contributed by atoms with E-state index in [-0.39, 0.29) is 35.9 Å². The van der Waals surface area contributed by atoms with Gasteiger partial charge in [-0.2, -0.15) is 0 Å². The quantitative estimate of drug-likeness (QED) is 0.338. The maximum Gasteiger partial charge on any atom is 0.310 e. The standard InChI is InChI=1S/C14H22N4O2S.HI/c1-3-20-13(19)11-5-4-7-18(10-11)14(15-2)17-9-12-16-6-8-21-12;/h6,8,11H,3-5,7,9-10H2,1-2H3,(H,15,17);1H/t11-;/m0./s1. The molecule has 22 heavy (non-hydrogen) atoms. The number of likely N-dealkylation sites (tertiary alicyclic amines) is 1. The van der Waals surface area contributed by atoms with E-state index in [1.165, 1.54) is 0 Å². The van der Waals surface area contributed by atoms with Gasteiger partial charge >= 0.3 is 5.97 Å². The van der Waals surface area contributed by atoms with Gasteiger partial charge in [-0.25, -0.2) is 4.98 Å². The summed E-state index contributed by atoms with van der Waals surface area (Å²) in [4.78, 5) is 22.6. The van der Waals surface area contributed by atoms with Gasteiger partial charge < -0.3 is 15.0 Å². The van der Waals surface area contributed by atoms with E-state index in [9.17, 15) is 4.79 Å². The SMILES string of the molecule is CCOC(=O)[C@H]1CCCN(C(=NC)NCc2nccs2)C1.I. The Morgan fingerprint density at radius 2 is 2.45 bits per heavy atom. The fourth-order valence-corrected chi connectivity index (χ4v) is 3.01. The molecule has 0 spiro atoms. The maximum absolute atomic E-state index is 11.9. The van der Waals surface area contributed by atoms with Crippen molar-refractivity contribution >= 4 is 47.2 Å². The van der Waals surface area contributed by atoms with Crippen LogP contribution in [-0.4, -0.2) is 48.6 Å². The topological polar surface area (TPSA) is 66.8 Å². The minimum atomic E-state index is -0.0995. The van der Waals surface area contributed by atoms with Gasteiger partial charge in [0, 0.05) is 31.7 Å². The highest BCUT2D eigenvalue weighted by atomic mass is 127. The van der Waals surface area contributed by atoms with Crippen LogP contribution in [0.5, 0.6) is 0 Å². The van der Waals surface area contributed by atoms with Crippen LogP contribution < -0.4 is 5.32 Å². The number of hydrogen-bond acceptors (Lipinski definition) is 5. The Morgan fingerprint density at radius 3 is 3.09 bits per heavy atom. The van der Waals surface area contributed by atoms with Crippen molar-refractivity contribution in [2.45, 2.75) is 26.3 Å². The summed E-state index contributed by atoms with van der Waals surface area (Å²) in [7, 11) is 1.76. The molecule has 0 bridgehead atoms. The summed E-state index contributed by atoms with van der Waals surface area (Å²) in [5, 5.41) is 6.28. The van der Waals surface area contributed by atoms with Gasteiger partial charge in [-0.3, -0.25) is 9.79 Å². The van der Waals surface area contributed by atoms with Gasteiger partial charge in [0.1, 0.15) is 5.01 Å². The van der Waals surface area contributed by atoms with E-state index in [1.807, 2.05) is 12.3 Å². The Hall–Kier alpha value is -0.900. The van der Waals surface area contributed by atoms with Crippen LogP contribution in [0.3, 0.4) is 0 Å². The predicted octanol–water partition coefficient (Wildman–Crippen LogP) is 2.11. The van der Waals surface area contributed by atoms with E-state index in [2.05, 4.69) is 20.2 Å². The van der Waals surface area contributed by atoms with Crippen molar-refractivity contribution in [2.24, 2.45) is 10.9 Å². The van der Waals surface area contributed by atoms with Gasteiger partial charge in [0.25, 0.3) is 0 Å². The molecule has 1 N–H and O–H groups in total. The summed E-state index contributed by atoms with van der Waals surface area (Å²) >= 11 is 1.61. The van der Waals surface area contributed by atoms with E-state index in [1.54, 1.807) is 24.6 Å². The minimum Gasteiger partial charge on any atom is -0.466 e. The highest BCUT2D eigenvalue weighted by Crippen LogP contribution is 2.18. The van der Waals surface area contributed by atoms with Gasteiger partial charge in [0.15, 0.2) is 5.96 Å². The van der Waals surface area contributed by atoms with Crippen LogP contribution in [0, 0.1) is 5.92 Å². The molecule has 0 amide bonds. The summed E-state index contributed by atoms with van der Waals surface area (Å²) in [6.45, 7) is 4.51. The van der Waals surface area contributed by atoms with Crippen LogP contribution >= 0.6 is 35.3 Å². The monoisotopic (exact) mass is 438 g/mol. The molecular weight excluding hydrogens is 415 g/mol. The number of carbonyl (C=O) groups is 1. The minimum absolute atomic E-state index is 0. The molecule has 6 nitrogen and oxygen atoms in total. The highest BCUT2D eigenvalue weighted by molar-refractivity contribution is 14.0. The molecule has 8 heteroatoms. The zero-order valence-corrected chi connectivity index (χ0v) is 16.1. The molecule has 0 aliphatic carbocycles. The van der Waals surface area contributed by atoms with Crippen LogP contribution in [0.25, 0.3) is 0 Å². The van der Waals surface area contributed by atoms with Crippen LogP contribution in [0.4, 0.5) is 0 Å². The molecule has 1 saturated heterocycles. The second-order valence-electron chi connectivity index (χ2n) is 4.86. The molecule has 0 unspecified atom stereocenters. The average molecular weight is 438 g/mol. The molecule has 124 valence electrons. The third-order valence-corrected chi connectivity index (χ3v) is 4.21. The average Bonchev–Trinajstić information content (AvgIpc) is 3.02. The number of piperidine rings is 1. The van der Waals surface area contributed by atoms with Crippen molar-refractivity contribution < 1.29 is 9.53 Å². The third kappa shape index (κ3) is 5.38. The van der Waals surface area contributed by atoms with E-state index in [0.717, 1.165) is 30.4 Å². The Balaban J connectivity index is 0.00000242. The first kappa shape index (κ1) is 19.1. The number of guanidine groups is 1. The van der Waals surface area contributed by atoms with Gasteiger partial charge in [0.05, 0.1) is 19.1 Å². The van der Waals surface area contributed by atoms with Crippen molar-refractivity contribution in [1.29, 1.82) is 0 Å². The normalized spacial score (nSPS) is 18.5. The third-order valence-electron chi connectivity index (χ3n) is 3.43. The van der Waals surface area contributed by atoms with Crippen molar-refractivity contribution in [1.82, 2.24) is 15.2 Å². The highest BCUT2D eigenvalue weighted by Gasteiger charge is 2.28. The second kappa shape index (κ2) is 9.98. The Morgan fingerprint density at radius 1 is 1.64 bits per heavy atom. The first-order valence-electron chi connectivity index (χ1n) is 7.25. The Labute approximate surface area is 152 Å². The lowest BCUT2D eigenvalue weighted by atomic mass is 9.98. The molecule has 0 aromatic carbocycles. The van der Waals surface area contributed by atoms with E-state index < -0.39 is 0 Å². The number of ether oxygens (including phenoxy) is 1. The summed E-state index contributed by atoms with van der Waals surface area (Å²) < 4.78 is 5.13. The maximum atomic E-state index is 11.9. The number of halogens is 1. The lowest BCUT2D eigenvalue weighted by Gasteiger charge is -2.33. The second-order valence-corrected chi connectivity index (χ2v) is 5.84. The van der Waals surface area contributed by atoms with E-state index in [4.69, 9.17) is 4.74 Å². The number of aromatic nitrogens is 1. The van der Waals surface area contributed by atoms with E-state index >= 15 is 0 Å². The zero-order valence-electron chi connectivity index (χ0n) is 12.9. The van der Waals surface area contributed by atoms with Crippen LogP contribution in [-0.2, 0) is 16.1 Å². The predicted molar refractivity (Wildman–Crippen MR) is 98.7 cm³/mol. The molecule has 1 aliphatic heterocycles. The van der Waals surface area contributed by atoms with Crippen molar-refractivity contribution in [3.8, 4) is 0 Å². The molecule has 1 aromatic heterocycles. The molecule has 1 aromatic rings. The molecule has 2 heterocycles. The number of aliphatic imine (C=N–C) groups is 1. The van der Waals surface area contributed by atoms with Gasteiger partial charge in [0.2, 0.25) is 0 Å². The summed E-state index contributed by atoms with van der Waals surface area (Å²) in [5.41, 5.74) is 0. The summed E-state index contributed by atoms with van der Waals surface area (Å²) in [5.74, 6) is 0.661. The number of hydrogen-bond donors (Lipinski definition) is 1. The fourth-order valence-electron chi connectivity index (χ4n) is 2.45. The smallest absolute Gasteiger partial charge is 0.310 e. The number of rotatable bonds is 4. The van der Waals surface area contributed by atoms with E-state index in [0.29, 0.717) is 19.7 Å². The largest absolute Gasteiger partial charge is 0.466 e. The van der Waals surface area contributed by atoms with Crippen molar-refractivity contribution in [3.63, 3.8) is 0 Å². The molecule has 1 fully saturated rings. The number of esters is 1. The van der Waals surface area contributed by atoms with Gasteiger partial charge in [-0.15, -0.1) is 35.3 Å². The summed E-state index contributed by atoms with van der Waals surface area (Å²) in [6, 6.07) is 0. The number of nitrogens with zero attached hydrogens (tertiary/aromatic N) is 3. The lowest BCUT2D eigenvalue weighted by molar-refractivity contribution is -0.149. The molecular formula is C14H23IN4O2S. The number of carbonyl (C=O) groups excluding carboxylic acids is 1. The Bertz CT molecular complexity index is 481. The van der Waals surface area contributed by atoms with Gasteiger partial charge in [-0.05, 0) is 19.8 Å². The molecule has 1 aliphatic rings. The number of nitrogens with one attached hydrogen (secondary N) is 1. The first-order chi connectivity index (χ1) is 10.2. The molecule has 0 saturated carbocycles.